The topological polar surface area (TPSA) is 105 Å². The van der Waals surface area contributed by atoms with E-state index in [0.717, 1.165) is 77.0 Å². The number of hydrogen-bond acceptors (Lipinski definition) is 8. The summed E-state index contributed by atoms with van der Waals surface area (Å²) in [5.41, 5.74) is 0. The van der Waals surface area contributed by atoms with Crippen molar-refractivity contribution in [2.75, 3.05) is 25.5 Å². The van der Waals surface area contributed by atoms with Crippen molar-refractivity contribution >= 4 is 27.8 Å². The van der Waals surface area contributed by atoms with Crippen LogP contribution in [0.15, 0.2) is 0 Å². The van der Waals surface area contributed by atoms with Gasteiger partial charge in [0.2, 0.25) is 0 Å². The monoisotopic (exact) mass is 550 g/mol. The summed E-state index contributed by atoms with van der Waals surface area (Å²) in [6.07, 6.45) is 15.2. The third-order valence-corrected chi connectivity index (χ3v) is 11.1. The minimum absolute atomic E-state index is 0.00324. The maximum Gasteiger partial charge on any atom is 0.332 e. The SMILES string of the molecule is CCC(C)(OCC(=O)OC1CCCCC1)[PH](=O)CCCCCC[PH](=O)OCC(=O)OC1CCCCC1. The summed E-state index contributed by atoms with van der Waals surface area (Å²) in [6, 6.07) is 0. The zero-order valence-electron chi connectivity index (χ0n) is 22.4. The highest BCUT2D eigenvalue weighted by Crippen LogP contribution is 2.43. The van der Waals surface area contributed by atoms with E-state index in [-0.39, 0.29) is 31.4 Å². The van der Waals surface area contributed by atoms with Gasteiger partial charge in [-0.15, -0.1) is 0 Å². The first kappa shape index (κ1) is 31.5. The van der Waals surface area contributed by atoms with E-state index >= 15 is 0 Å². The van der Waals surface area contributed by atoms with Crippen molar-refractivity contribution in [3.63, 3.8) is 0 Å². The molecule has 0 aromatic heterocycles. The number of ether oxygens (including phenoxy) is 3. The minimum Gasteiger partial charge on any atom is -0.461 e. The molecule has 3 atom stereocenters. The Bertz CT molecular complexity index is 704. The van der Waals surface area contributed by atoms with E-state index in [4.69, 9.17) is 18.7 Å². The number of unbranched alkanes of at least 4 members (excludes halogenated alkanes) is 3. The van der Waals surface area contributed by atoms with E-state index in [1.165, 1.54) is 12.8 Å². The minimum atomic E-state index is -2.25. The van der Waals surface area contributed by atoms with E-state index in [9.17, 15) is 18.7 Å². The molecule has 3 unspecified atom stereocenters. The Morgan fingerprint density at radius 1 is 0.750 bits per heavy atom. The van der Waals surface area contributed by atoms with Crippen molar-refractivity contribution in [1.29, 1.82) is 0 Å². The second kappa shape index (κ2) is 17.8. The van der Waals surface area contributed by atoms with E-state index in [0.29, 0.717) is 18.7 Å². The first-order chi connectivity index (χ1) is 17.3. The lowest BCUT2D eigenvalue weighted by Crippen LogP contribution is -2.30. The third-order valence-electron chi connectivity index (χ3n) is 7.36. The zero-order chi connectivity index (χ0) is 26.2. The molecule has 0 aliphatic heterocycles. The molecule has 0 amide bonds. The first-order valence-corrected chi connectivity index (χ1v) is 17.2. The van der Waals surface area contributed by atoms with Gasteiger partial charge >= 0.3 is 11.9 Å². The fourth-order valence-electron chi connectivity index (χ4n) is 4.79. The molecular formula is C26H48O8P2. The molecule has 0 bridgehead atoms. The van der Waals surface area contributed by atoms with Gasteiger partial charge in [0.05, 0.1) is 0 Å². The van der Waals surface area contributed by atoms with Crippen molar-refractivity contribution in [2.45, 2.75) is 128 Å². The van der Waals surface area contributed by atoms with Gasteiger partial charge in [-0.05, 0) is 77.6 Å². The van der Waals surface area contributed by atoms with Gasteiger partial charge in [-0.1, -0.05) is 32.6 Å². The largest absolute Gasteiger partial charge is 0.461 e. The number of rotatable bonds is 17. The van der Waals surface area contributed by atoms with Crippen molar-refractivity contribution in [1.82, 2.24) is 0 Å². The molecule has 0 aromatic rings. The summed E-state index contributed by atoms with van der Waals surface area (Å²) in [6.45, 7) is 3.36. The quantitative estimate of drug-likeness (QED) is 0.115. The lowest BCUT2D eigenvalue weighted by molar-refractivity contribution is -0.159. The zero-order valence-corrected chi connectivity index (χ0v) is 24.4. The molecular weight excluding hydrogens is 502 g/mol. The second-order valence-electron chi connectivity index (χ2n) is 10.4. The predicted octanol–water partition coefficient (Wildman–Crippen LogP) is 6.49. The van der Waals surface area contributed by atoms with E-state index in [1.807, 2.05) is 13.8 Å². The van der Waals surface area contributed by atoms with Crippen LogP contribution in [0.1, 0.15) is 110 Å². The summed E-state index contributed by atoms with van der Waals surface area (Å²) in [4.78, 5) is 24.0. The molecule has 2 saturated carbocycles. The van der Waals surface area contributed by atoms with Crippen LogP contribution in [-0.2, 0) is 37.5 Å². The molecule has 10 heteroatoms. The average Bonchev–Trinajstić information content (AvgIpc) is 2.89. The van der Waals surface area contributed by atoms with Crippen molar-refractivity contribution in [2.24, 2.45) is 0 Å². The number of carbonyl (C=O) groups excluding carboxylic acids is 2. The van der Waals surface area contributed by atoms with Gasteiger partial charge < -0.3 is 23.3 Å². The van der Waals surface area contributed by atoms with Crippen LogP contribution >= 0.6 is 15.8 Å². The van der Waals surface area contributed by atoms with Crippen LogP contribution in [0.25, 0.3) is 0 Å². The van der Waals surface area contributed by atoms with Crippen molar-refractivity contribution in [3.8, 4) is 0 Å². The Labute approximate surface area is 218 Å². The molecule has 2 fully saturated rings. The Morgan fingerprint density at radius 2 is 1.25 bits per heavy atom. The summed E-state index contributed by atoms with van der Waals surface area (Å²) < 4.78 is 46.9. The summed E-state index contributed by atoms with van der Waals surface area (Å²) in [7, 11) is -4.30. The van der Waals surface area contributed by atoms with E-state index in [1.54, 1.807) is 0 Å². The molecule has 0 heterocycles. The molecule has 0 saturated heterocycles. The van der Waals surface area contributed by atoms with Gasteiger partial charge in [0.15, 0.2) is 14.6 Å². The fourth-order valence-corrected chi connectivity index (χ4v) is 7.48. The van der Waals surface area contributed by atoms with Gasteiger partial charge in [-0.25, -0.2) is 9.59 Å². The van der Waals surface area contributed by atoms with Gasteiger partial charge in [0.25, 0.3) is 0 Å². The molecule has 0 N–H and O–H groups in total. The summed E-state index contributed by atoms with van der Waals surface area (Å²) >= 11 is 0. The van der Waals surface area contributed by atoms with Crippen LogP contribution in [0.4, 0.5) is 0 Å². The van der Waals surface area contributed by atoms with Crippen LogP contribution in [0.3, 0.4) is 0 Å². The Hall–Kier alpha value is -0.680. The molecule has 2 aliphatic rings. The van der Waals surface area contributed by atoms with Gasteiger partial charge in [0.1, 0.15) is 32.0 Å². The highest BCUT2D eigenvalue weighted by Gasteiger charge is 2.31. The number of esters is 2. The molecule has 8 nitrogen and oxygen atoms in total. The molecule has 2 aliphatic carbocycles. The van der Waals surface area contributed by atoms with Gasteiger partial charge in [-0.2, -0.15) is 0 Å². The predicted molar refractivity (Wildman–Crippen MR) is 143 cm³/mol. The maximum absolute atomic E-state index is 12.9. The van der Waals surface area contributed by atoms with E-state index < -0.39 is 27.1 Å². The second-order valence-corrected chi connectivity index (χ2v) is 14.3. The van der Waals surface area contributed by atoms with Crippen LogP contribution < -0.4 is 0 Å². The molecule has 0 aromatic carbocycles. The number of carbonyl (C=O) groups is 2. The Balaban J connectivity index is 1.52. The summed E-state index contributed by atoms with van der Waals surface area (Å²) in [5, 5.41) is -0.804. The normalized spacial score (nSPS) is 20.8. The van der Waals surface area contributed by atoms with Gasteiger partial charge in [-0.3, -0.25) is 4.57 Å². The fraction of sp³-hybridized carbons (Fsp3) is 0.923. The lowest BCUT2D eigenvalue weighted by atomic mass is 9.98. The molecule has 2 rings (SSSR count). The summed E-state index contributed by atoms with van der Waals surface area (Å²) in [5.74, 6) is -0.787. The number of hydrogen-bond donors (Lipinski definition) is 0. The van der Waals surface area contributed by atoms with E-state index in [2.05, 4.69) is 0 Å². The van der Waals surface area contributed by atoms with Crippen LogP contribution in [0.2, 0.25) is 0 Å². The van der Waals surface area contributed by atoms with Crippen LogP contribution in [0.5, 0.6) is 0 Å². The molecule has 0 spiro atoms. The van der Waals surface area contributed by atoms with Crippen LogP contribution in [-0.4, -0.2) is 55.0 Å². The van der Waals surface area contributed by atoms with Gasteiger partial charge in [0, 0.05) is 12.3 Å². The highest BCUT2D eigenvalue weighted by atomic mass is 31.1. The average molecular weight is 551 g/mol. The molecule has 0 radical (unpaired) electrons. The standard InChI is InChI=1S/C26H48O8P2/c1-3-26(2,31-20-24(27)33-22-14-8-6-9-15-22)35(29)18-12-4-5-13-19-36(30)32-21-25(28)34-23-16-10-7-11-17-23/h22-23,35-36H,3-21H2,1-2H3. The Kier molecular flexibility index (Phi) is 15.6. The van der Waals surface area contributed by atoms with Crippen LogP contribution in [0, 0.1) is 0 Å². The highest BCUT2D eigenvalue weighted by molar-refractivity contribution is 7.46. The first-order valence-electron chi connectivity index (χ1n) is 14.0. The Morgan fingerprint density at radius 3 is 1.78 bits per heavy atom. The molecule has 210 valence electrons. The third kappa shape index (κ3) is 12.7. The smallest absolute Gasteiger partial charge is 0.332 e. The van der Waals surface area contributed by atoms with Crippen molar-refractivity contribution in [3.05, 3.63) is 0 Å². The maximum atomic E-state index is 12.9. The van der Waals surface area contributed by atoms with Crippen molar-refractivity contribution < 1.29 is 37.5 Å². The molecule has 36 heavy (non-hydrogen) atoms. The lowest BCUT2D eigenvalue weighted by Gasteiger charge is -2.28.